The van der Waals surface area contributed by atoms with E-state index < -0.39 is 5.97 Å². The number of rotatable bonds is 44. The van der Waals surface area contributed by atoms with Crippen LogP contribution in [0.3, 0.4) is 0 Å². The second-order valence-corrected chi connectivity index (χ2v) is 17.5. The molecule has 402 valence electrons. The molecule has 0 aromatic heterocycles. The van der Waals surface area contributed by atoms with Crippen LogP contribution in [0.4, 0.5) is 0 Å². The van der Waals surface area contributed by atoms with Crippen molar-refractivity contribution in [3.8, 4) is 11.5 Å². The normalized spacial score (nSPS) is 13.0. The topological polar surface area (TPSA) is 78.9 Å². The van der Waals surface area contributed by atoms with Gasteiger partial charge in [-0.05, 0) is 153 Å². The molecule has 1 aromatic carbocycles. The fraction of sp³-hybridized carbons (Fsp3) is 0.426. The molecular formula is C68H94O6. The molecule has 1 aromatic rings. The van der Waals surface area contributed by atoms with E-state index in [9.17, 15) is 14.4 Å². The van der Waals surface area contributed by atoms with Crippen molar-refractivity contribution in [2.45, 2.75) is 181 Å². The Morgan fingerprint density at radius 1 is 0.338 bits per heavy atom. The van der Waals surface area contributed by atoms with Crippen LogP contribution in [0.25, 0.3) is 0 Å². The van der Waals surface area contributed by atoms with Gasteiger partial charge in [0, 0.05) is 25.7 Å². The van der Waals surface area contributed by atoms with E-state index in [1.807, 2.05) is 6.07 Å². The maximum Gasteiger partial charge on any atom is 0.311 e. The van der Waals surface area contributed by atoms with Crippen LogP contribution < -0.4 is 9.47 Å². The van der Waals surface area contributed by atoms with E-state index in [0.717, 1.165) is 121 Å². The summed E-state index contributed by atoms with van der Waals surface area (Å²) in [6.07, 6.45) is 84.9. The Morgan fingerprint density at radius 2 is 0.608 bits per heavy atom. The number of unbranched alkanes of at least 4 members (excludes halogenated alkanes) is 3. The Morgan fingerprint density at radius 3 is 0.919 bits per heavy atom. The molecule has 0 aliphatic carbocycles. The van der Waals surface area contributed by atoms with Crippen LogP contribution in [0.2, 0.25) is 0 Å². The van der Waals surface area contributed by atoms with Gasteiger partial charge in [0.25, 0.3) is 0 Å². The van der Waals surface area contributed by atoms with Crippen molar-refractivity contribution < 1.29 is 28.6 Å². The van der Waals surface area contributed by atoms with Crippen molar-refractivity contribution in [2.24, 2.45) is 0 Å². The summed E-state index contributed by atoms with van der Waals surface area (Å²) in [4.78, 5) is 38.5. The van der Waals surface area contributed by atoms with Crippen LogP contribution in [-0.4, -0.2) is 24.5 Å². The zero-order valence-electron chi connectivity index (χ0n) is 45.9. The van der Waals surface area contributed by atoms with Crippen LogP contribution in [0.1, 0.15) is 180 Å². The van der Waals surface area contributed by atoms with Gasteiger partial charge in [0.15, 0.2) is 11.5 Å². The van der Waals surface area contributed by atoms with Crippen LogP contribution in [-0.2, 0) is 25.5 Å². The maximum absolute atomic E-state index is 13.1. The molecule has 0 aliphatic rings. The molecule has 74 heavy (non-hydrogen) atoms. The van der Waals surface area contributed by atoms with Crippen molar-refractivity contribution in [1.82, 2.24) is 0 Å². The lowest BCUT2D eigenvalue weighted by molar-refractivity contribution is -0.143. The number of hydrogen-bond acceptors (Lipinski definition) is 6. The molecule has 6 nitrogen and oxygen atoms in total. The van der Waals surface area contributed by atoms with Gasteiger partial charge in [-0.3, -0.25) is 14.4 Å². The highest BCUT2D eigenvalue weighted by molar-refractivity contribution is 5.76. The summed E-state index contributed by atoms with van der Waals surface area (Å²) in [5.74, 6) is -0.640. The average molecular weight is 1010 g/mol. The molecule has 0 N–H and O–H groups in total. The zero-order valence-corrected chi connectivity index (χ0v) is 45.9. The highest BCUT2D eigenvalue weighted by Gasteiger charge is 2.15. The fourth-order valence-corrected chi connectivity index (χ4v) is 6.77. The zero-order chi connectivity index (χ0) is 53.3. The summed E-state index contributed by atoms with van der Waals surface area (Å²) in [7, 11) is 0. The minimum Gasteiger partial charge on any atom is -0.465 e. The van der Waals surface area contributed by atoms with Gasteiger partial charge in [0.2, 0.25) is 0 Å². The third kappa shape index (κ3) is 45.6. The van der Waals surface area contributed by atoms with Crippen molar-refractivity contribution in [1.29, 1.82) is 0 Å². The molecule has 0 fully saturated rings. The number of hydrogen-bond donors (Lipinski definition) is 0. The number of carbonyl (C=O) groups excluding carboxylic acids is 3. The smallest absolute Gasteiger partial charge is 0.311 e. The van der Waals surface area contributed by atoms with E-state index >= 15 is 0 Å². The number of esters is 3. The lowest BCUT2D eigenvalue weighted by atomic mass is 10.1. The SMILES string of the molecule is CC/C=C/C/C=C/C/C=C/C/C=C/C/C=C/CCCC(=O)OCCc1ccc(OC(=O)CCC/C=C/C/C=C/C/C=C/C/C=C/C/C=C/CC)c(OC(=O)CCC/C=C/C/C=C/C/C=C/C/C=C/C/C=C/CC)c1. The summed E-state index contributed by atoms with van der Waals surface area (Å²) in [6, 6.07) is 5.17. The number of carbonyl (C=O) groups is 3. The molecular weight excluding hydrogens is 913 g/mol. The van der Waals surface area contributed by atoms with Crippen LogP contribution >= 0.6 is 0 Å². The molecule has 0 radical (unpaired) electrons. The largest absolute Gasteiger partial charge is 0.465 e. The average Bonchev–Trinajstić information content (AvgIpc) is 3.39. The molecule has 0 bridgehead atoms. The summed E-state index contributed by atoms with van der Waals surface area (Å²) in [5, 5.41) is 0. The van der Waals surface area contributed by atoms with E-state index in [0.29, 0.717) is 32.1 Å². The monoisotopic (exact) mass is 1010 g/mol. The Kier molecular flexibility index (Phi) is 47.1. The highest BCUT2D eigenvalue weighted by atomic mass is 16.6. The molecule has 0 spiro atoms. The molecule has 0 heterocycles. The number of allylic oxidation sites excluding steroid dienone is 30. The molecule has 0 aliphatic heterocycles. The molecule has 0 saturated heterocycles. The van der Waals surface area contributed by atoms with Gasteiger partial charge in [0.05, 0.1) is 6.61 Å². The standard InChI is InChI=1S/C68H94O6/c1-4-7-10-13-16-19-22-25-28-31-34-37-40-43-46-49-52-55-66(69)72-61-60-63-58-59-64(73-67(70)56-53-50-47-44-41-38-35-32-29-26-23-20-17-14-11-8-5-2)65(62-63)74-68(71)57-54-51-48-45-42-39-36-33-30-27-24-21-18-15-12-9-6-3/h7-12,16-21,25-30,34-39,43-48,58-59,62H,4-6,13-15,22-24,31-33,40-42,49-57,60-61H2,1-3H3/b10-7+,11-8+,12-9+,19-16+,20-17+,21-18+,28-25+,29-26+,30-27+,37-34+,38-35+,39-36+,46-43+,47-44+,48-45+. The third-order valence-corrected chi connectivity index (χ3v) is 10.8. The van der Waals surface area contributed by atoms with Crippen LogP contribution in [0.5, 0.6) is 11.5 Å². The second kappa shape index (κ2) is 53.0. The molecule has 6 heteroatoms. The van der Waals surface area contributed by atoms with Crippen LogP contribution in [0, 0.1) is 0 Å². The van der Waals surface area contributed by atoms with Crippen molar-refractivity contribution in [3.05, 3.63) is 206 Å². The Labute approximate surface area is 450 Å². The number of ether oxygens (including phenoxy) is 3. The summed E-state index contributed by atoms with van der Waals surface area (Å²) >= 11 is 0. The van der Waals surface area contributed by atoms with Crippen LogP contribution in [0.15, 0.2) is 200 Å². The first-order valence-electron chi connectivity index (χ1n) is 27.9. The first-order valence-corrected chi connectivity index (χ1v) is 27.9. The van der Waals surface area contributed by atoms with Gasteiger partial charge >= 0.3 is 17.9 Å². The Bertz CT molecular complexity index is 2050. The first-order chi connectivity index (χ1) is 36.5. The lowest BCUT2D eigenvalue weighted by Gasteiger charge is -2.13. The van der Waals surface area contributed by atoms with E-state index in [-0.39, 0.29) is 42.9 Å². The van der Waals surface area contributed by atoms with Gasteiger partial charge in [-0.15, -0.1) is 0 Å². The van der Waals surface area contributed by atoms with Crippen molar-refractivity contribution in [2.75, 3.05) is 6.61 Å². The molecule has 0 saturated carbocycles. The number of benzene rings is 1. The second-order valence-electron chi connectivity index (χ2n) is 17.5. The summed E-state index contributed by atoms with van der Waals surface area (Å²) in [5.41, 5.74) is 0.802. The predicted molar refractivity (Wildman–Crippen MR) is 317 cm³/mol. The third-order valence-electron chi connectivity index (χ3n) is 10.8. The van der Waals surface area contributed by atoms with Crippen molar-refractivity contribution in [3.63, 3.8) is 0 Å². The minimum atomic E-state index is -0.399. The molecule has 0 amide bonds. The quantitative estimate of drug-likeness (QED) is 0.0280. The molecule has 1 rings (SSSR count). The van der Waals surface area contributed by atoms with E-state index in [4.69, 9.17) is 14.2 Å². The van der Waals surface area contributed by atoms with Gasteiger partial charge in [-0.25, -0.2) is 0 Å². The van der Waals surface area contributed by atoms with Crippen molar-refractivity contribution >= 4 is 17.9 Å². The molecule has 0 atom stereocenters. The summed E-state index contributed by atoms with van der Waals surface area (Å²) in [6.45, 7) is 6.62. The van der Waals surface area contributed by atoms with Gasteiger partial charge in [0.1, 0.15) is 0 Å². The Balaban J connectivity index is 2.60. The van der Waals surface area contributed by atoms with Gasteiger partial charge < -0.3 is 14.2 Å². The van der Waals surface area contributed by atoms with E-state index in [1.54, 1.807) is 12.1 Å². The van der Waals surface area contributed by atoms with E-state index in [2.05, 4.69) is 203 Å². The lowest BCUT2D eigenvalue weighted by Crippen LogP contribution is -2.12. The first kappa shape index (κ1) is 65.7. The maximum atomic E-state index is 13.1. The minimum absolute atomic E-state index is 0.191. The Hall–Kier alpha value is -6.27. The van der Waals surface area contributed by atoms with E-state index in [1.165, 1.54) is 0 Å². The van der Waals surface area contributed by atoms with Gasteiger partial charge in [-0.2, -0.15) is 0 Å². The predicted octanol–water partition coefficient (Wildman–Crippen LogP) is 19.3. The fourth-order valence-electron chi connectivity index (χ4n) is 6.77. The molecule has 0 unspecified atom stereocenters. The summed E-state index contributed by atoms with van der Waals surface area (Å²) < 4.78 is 17.1. The van der Waals surface area contributed by atoms with Gasteiger partial charge in [-0.1, -0.05) is 209 Å². The highest BCUT2D eigenvalue weighted by Crippen LogP contribution is 2.30.